The molecule has 0 fully saturated rings. The zero-order chi connectivity index (χ0) is 14.1. The van der Waals surface area contributed by atoms with Crippen molar-refractivity contribution in [2.24, 2.45) is 0 Å². The molecule has 0 aliphatic heterocycles. The minimum absolute atomic E-state index is 0.460. The molecular formula is C13H11BrN4OS. The summed E-state index contributed by atoms with van der Waals surface area (Å²) in [5.41, 5.74) is 7.52. The molecule has 0 radical (unpaired) electrons. The fourth-order valence-electron chi connectivity index (χ4n) is 1.84. The lowest BCUT2D eigenvalue weighted by Gasteiger charge is -1.96. The Morgan fingerprint density at radius 2 is 2.10 bits per heavy atom. The highest BCUT2D eigenvalue weighted by Crippen LogP contribution is 2.33. The van der Waals surface area contributed by atoms with Gasteiger partial charge in [-0.15, -0.1) is 0 Å². The highest BCUT2D eigenvalue weighted by atomic mass is 79.9. The summed E-state index contributed by atoms with van der Waals surface area (Å²) in [6.45, 7) is 2.02. The van der Waals surface area contributed by atoms with E-state index in [1.165, 1.54) is 11.3 Å². The summed E-state index contributed by atoms with van der Waals surface area (Å²) in [6.07, 6.45) is 0.774. The van der Waals surface area contributed by atoms with Crippen LogP contribution in [0.4, 0.5) is 5.13 Å². The molecule has 5 nitrogen and oxygen atoms in total. The maximum Gasteiger partial charge on any atom is 0.270 e. The lowest BCUT2D eigenvalue weighted by molar-refractivity contribution is 0.433. The van der Waals surface area contributed by atoms with Gasteiger partial charge in [0.2, 0.25) is 5.82 Å². The number of rotatable bonds is 3. The van der Waals surface area contributed by atoms with E-state index in [0.717, 1.165) is 27.0 Å². The molecule has 0 spiro atoms. The number of halogens is 1. The molecular weight excluding hydrogens is 340 g/mol. The van der Waals surface area contributed by atoms with Gasteiger partial charge in [-0.3, -0.25) is 0 Å². The van der Waals surface area contributed by atoms with Crippen LogP contribution in [0.5, 0.6) is 0 Å². The minimum atomic E-state index is 0.460. The number of aromatic nitrogens is 3. The second-order valence-corrected chi connectivity index (χ2v) is 5.97. The minimum Gasteiger partial charge on any atom is -0.375 e. The highest BCUT2D eigenvalue weighted by Gasteiger charge is 2.18. The van der Waals surface area contributed by atoms with Crippen LogP contribution in [0.2, 0.25) is 0 Å². The van der Waals surface area contributed by atoms with E-state index in [0.29, 0.717) is 16.8 Å². The largest absolute Gasteiger partial charge is 0.375 e. The number of nitrogens with zero attached hydrogens (tertiary/aromatic N) is 3. The van der Waals surface area contributed by atoms with Crippen molar-refractivity contribution in [3.8, 4) is 22.2 Å². The molecule has 1 aromatic carbocycles. The smallest absolute Gasteiger partial charge is 0.270 e. The van der Waals surface area contributed by atoms with Crippen LogP contribution in [-0.2, 0) is 6.42 Å². The predicted octanol–water partition coefficient (Wildman–Crippen LogP) is 3.77. The zero-order valence-corrected chi connectivity index (χ0v) is 13.0. The quantitative estimate of drug-likeness (QED) is 0.777. The van der Waals surface area contributed by atoms with Gasteiger partial charge in [0.25, 0.3) is 5.89 Å². The number of thiazole rings is 1. The molecule has 0 aliphatic carbocycles. The van der Waals surface area contributed by atoms with Gasteiger partial charge in [-0.25, -0.2) is 4.98 Å². The Labute approximate surface area is 128 Å². The molecule has 0 amide bonds. The first-order chi connectivity index (χ1) is 9.69. The third-order valence-electron chi connectivity index (χ3n) is 2.78. The monoisotopic (exact) mass is 350 g/mol. The van der Waals surface area contributed by atoms with Crippen molar-refractivity contribution in [1.82, 2.24) is 15.1 Å². The summed E-state index contributed by atoms with van der Waals surface area (Å²) in [5.74, 6) is 1.00. The number of benzene rings is 1. The van der Waals surface area contributed by atoms with Gasteiger partial charge in [-0.1, -0.05) is 51.5 Å². The van der Waals surface area contributed by atoms with Gasteiger partial charge in [-0.2, -0.15) is 4.98 Å². The normalized spacial score (nSPS) is 10.9. The Hall–Kier alpha value is -1.73. The maximum atomic E-state index is 5.74. The van der Waals surface area contributed by atoms with Crippen molar-refractivity contribution in [3.05, 3.63) is 34.4 Å². The van der Waals surface area contributed by atoms with E-state index in [-0.39, 0.29) is 0 Å². The zero-order valence-electron chi connectivity index (χ0n) is 10.6. The number of hydrogen-bond donors (Lipinski definition) is 1. The lowest BCUT2D eigenvalue weighted by Crippen LogP contribution is -1.86. The molecule has 2 N–H and O–H groups in total. The van der Waals surface area contributed by atoms with E-state index in [2.05, 4.69) is 31.1 Å². The molecule has 7 heteroatoms. The second-order valence-electron chi connectivity index (χ2n) is 4.08. The lowest BCUT2D eigenvalue weighted by atomic mass is 10.2. The van der Waals surface area contributed by atoms with Crippen molar-refractivity contribution in [2.45, 2.75) is 13.3 Å². The number of nitrogen functional groups attached to an aromatic ring is 1. The van der Waals surface area contributed by atoms with Crippen molar-refractivity contribution < 1.29 is 4.52 Å². The van der Waals surface area contributed by atoms with E-state index in [4.69, 9.17) is 10.3 Å². The van der Waals surface area contributed by atoms with Crippen LogP contribution in [-0.4, -0.2) is 15.1 Å². The molecule has 0 bridgehead atoms. The third-order valence-corrected chi connectivity index (χ3v) is 4.39. The predicted molar refractivity (Wildman–Crippen MR) is 82.3 cm³/mol. The molecule has 2 aromatic heterocycles. The topological polar surface area (TPSA) is 77.8 Å². The average molecular weight is 351 g/mol. The molecule has 2 heterocycles. The van der Waals surface area contributed by atoms with Gasteiger partial charge in [0.15, 0.2) is 5.13 Å². The molecule has 3 rings (SSSR count). The van der Waals surface area contributed by atoms with Crippen molar-refractivity contribution >= 4 is 32.4 Å². The Balaban J connectivity index is 2.04. The number of nitrogens with two attached hydrogens (primary N) is 1. The summed E-state index contributed by atoms with van der Waals surface area (Å²) in [7, 11) is 0. The third kappa shape index (κ3) is 2.34. The second kappa shape index (κ2) is 5.34. The van der Waals surface area contributed by atoms with Gasteiger partial charge >= 0.3 is 0 Å². The molecule has 102 valence electrons. The van der Waals surface area contributed by atoms with Crippen molar-refractivity contribution in [3.63, 3.8) is 0 Å². The van der Waals surface area contributed by atoms with Crippen LogP contribution >= 0.6 is 27.3 Å². The van der Waals surface area contributed by atoms with Gasteiger partial charge in [0.1, 0.15) is 4.88 Å². The molecule has 3 aromatic rings. The summed E-state index contributed by atoms with van der Waals surface area (Å²) in [4.78, 5) is 9.55. The van der Waals surface area contributed by atoms with Gasteiger partial charge in [0, 0.05) is 10.0 Å². The van der Waals surface area contributed by atoms with Gasteiger partial charge < -0.3 is 10.3 Å². The van der Waals surface area contributed by atoms with Crippen LogP contribution in [0.3, 0.4) is 0 Å². The fourth-order valence-corrected chi connectivity index (χ4v) is 3.15. The van der Waals surface area contributed by atoms with Crippen LogP contribution in [0.25, 0.3) is 22.2 Å². The first-order valence-corrected chi connectivity index (χ1v) is 7.64. The van der Waals surface area contributed by atoms with Crippen molar-refractivity contribution in [2.75, 3.05) is 5.73 Å². The van der Waals surface area contributed by atoms with Gasteiger partial charge in [0.05, 0.1) is 5.69 Å². The molecule has 0 aliphatic rings. The van der Waals surface area contributed by atoms with Crippen LogP contribution < -0.4 is 5.73 Å². The van der Waals surface area contributed by atoms with E-state index in [1.54, 1.807) is 0 Å². The van der Waals surface area contributed by atoms with Crippen LogP contribution in [0, 0.1) is 0 Å². The van der Waals surface area contributed by atoms with Crippen LogP contribution in [0.15, 0.2) is 33.3 Å². The summed E-state index contributed by atoms with van der Waals surface area (Å²) >= 11 is 4.84. The Morgan fingerprint density at radius 3 is 2.85 bits per heavy atom. The number of anilines is 1. The number of aryl methyl sites for hydroxylation is 1. The van der Waals surface area contributed by atoms with E-state index in [1.807, 2.05) is 31.2 Å². The fraction of sp³-hybridized carbons (Fsp3) is 0.154. The van der Waals surface area contributed by atoms with E-state index in [9.17, 15) is 0 Å². The average Bonchev–Trinajstić information content (AvgIpc) is 3.05. The molecule has 0 atom stereocenters. The molecule has 0 saturated heterocycles. The Bertz CT molecular complexity index is 752. The summed E-state index contributed by atoms with van der Waals surface area (Å²) < 4.78 is 6.27. The molecule has 20 heavy (non-hydrogen) atoms. The molecule has 0 saturated carbocycles. The van der Waals surface area contributed by atoms with E-state index >= 15 is 0 Å². The SMILES string of the molecule is CCc1nc(N)sc1-c1nc(-c2ccccc2Br)no1. The highest BCUT2D eigenvalue weighted by molar-refractivity contribution is 9.10. The summed E-state index contributed by atoms with van der Waals surface area (Å²) in [6, 6.07) is 7.74. The Morgan fingerprint density at radius 1 is 1.30 bits per heavy atom. The number of hydrogen-bond acceptors (Lipinski definition) is 6. The standard InChI is InChI=1S/C13H11BrN4OS/c1-2-9-10(20-13(15)16-9)12-17-11(18-19-12)7-5-3-4-6-8(7)14/h3-6H,2H2,1H3,(H2,15,16). The van der Waals surface area contributed by atoms with Crippen LogP contribution in [0.1, 0.15) is 12.6 Å². The first kappa shape index (κ1) is 13.3. The van der Waals surface area contributed by atoms with E-state index < -0.39 is 0 Å². The maximum absolute atomic E-state index is 5.74. The van der Waals surface area contributed by atoms with Crippen molar-refractivity contribution in [1.29, 1.82) is 0 Å². The first-order valence-electron chi connectivity index (χ1n) is 6.03. The summed E-state index contributed by atoms with van der Waals surface area (Å²) in [5, 5.41) is 4.54. The Kier molecular flexibility index (Phi) is 3.54. The van der Waals surface area contributed by atoms with Gasteiger partial charge in [-0.05, 0) is 18.6 Å². The molecule has 0 unspecified atom stereocenters.